The summed E-state index contributed by atoms with van der Waals surface area (Å²) in [5, 5.41) is 7.28. The van der Waals surface area contributed by atoms with Gasteiger partial charge in [-0.3, -0.25) is 4.79 Å². The highest BCUT2D eigenvalue weighted by molar-refractivity contribution is 5.39. The predicted molar refractivity (Wildman–Crippen MR) is 83.6 cm³/mol. The van der Waals surface area contributed by atoms with Crippen molar-refractivity contribution >= 4 is 5.69 Å². The highest BCUT2D eigenvalue weighted by atomic mass is 16.1. The van der Waals surface area contributed by atoms with E-state index < -0.39 is 0 Å². The molecule has 0 saturated heterocycles. The van der Waals surface area contributed by atoms with Gasteiger partial charge in [0.05, 0.1) is 18.4 Å². The molecule has 5 heteroatoms. The molecule has 110 valence electrons. The molecule has 0 radical (unpaired) electrons. The molecule has 1 aliphatic carbocycles. The minimum atomic E-state index is -0.0995. The van der Waals surface area contributed by atoms with Crippen molar-refractivity contribution in [3.8, 4) is 0 Å². The summed E-state index contributed by atoms with van der Waals surface area (Å²) in [6, 6.07) is 8.05. The second-order valence-corrected chi connectivity index (χ2v) is 5.41. The third-order valence-electron chi connectivity index (χ3n) is 3.84. The molecule has 3 N–H and O–H groups in total. The molecule has 1 aliphatic rings. The van der Waals surface area contributed by atoms with E-state index in [0.717, 1.165) is 17.7 Å². The summed E-state index contributed by atoms with van der Waals surface area (Å²) in [4.78, 5) is 12.1. The van der Waals surface area contributed by atoms with Gasteiger partial charge in [0.2, 0.25) is 0 Å². The van der Waals surface area contributed by atoms with Gasteiger partial charge in [0.1, 0.15) is 0 Å². The Morgan fingerprint density at radius 1 is 1.24 bits per heavy atom. The fourth-order valence-corrected chi connectivity index (χ4v) is 2.76. The molecule has 1 aromatic heterocycles. The fourth-order valence-electron chi connectivity index (χ4n) is 2.76. The average molecular weight is 284 g/mol. The van der Waals surface area contributed by atoms with Gasteiger partial charge in [0, 0.05) is 19.2 Å². The first-order valence-corrected chi connectivity index (χ1v) is 7.38. The number of hydrogen-bond acceptors (Lipinski definition) is 4. The van der Waals surface area contributed by atoms with Gasteiger partial charge >= 0.3 is 0 Å². The van der Waals surface area contributed by atoms with Gasteiger partial charge < -0.3 is 11.1 Å². The standard InChI is InChI=1S/C16H20N4O/c17-6-7-18-15-9-16(21)20(19-10-15)11-12-4-5-13-2-1-3-14(13)8-12/h4-5,8-10,18H,1-3,6-7,11,17H2. The lowest BCUT2D eigenvalue weighted by Crippen LogP contribution is -2.24. The number of aryl methyl sites for hydroxylation is 2. The zero-order valence-corrected chi connectivity index (χ0v) is 12.0. The maximum absolute atomic E-state index is 12.1. The van der Waals surface area contributed by atoms with Crippen molar-refractivity contribution in [1.29, 1.82) is 0 Å². The van der Waals surface area contributed by atoms with Crippen LogP contribution in [0.25, 0.3) is 0 Å². The Balaban J connectivity index is 1.77. The average Bonchev–Trinajstić information content (AvgIpc) is 2.95. The second kappa shape index (κ2) is 6.10. The van der Waals surface area contributed by atoms with Gasteiger partial charge in [-0.15, -0.1) is 0 Å². The lowest BCUT2D eigenvalue weighted by molar-refractivity contribution is 0.639. The van der Waals surface area contributed by atoms with Crippen LogP contribution in [0.2, 0.25) is 0 Å². The van der Waals surface area contributed by atoms with Gasteiger partial charge in [-0.05, 0) is 36.0 Å². The zero-order valence-electron chi connectivity index (χ0n) is 12.0. The monoisotopic (exact) mass is 284 g/mol. The van der Waals surface area contributed by atoms with E-state index in [1.165, 1.54) is 28.7 Å². The van der Waals surface area contributed by atoms with Gasteiger partial charge in [-0.2, -0.15) is 5.10 Å². The van der Waals surface area contributed by atoms with E-state index in [-0.39, 0.29) is 5.56 Å². The number of nitrogens with zero attached hydrogens (tertiary/aromatic N) is 2. The van der Waals surface area contributed by atoms with Gasteiger partial charge in [-0.25, -0.2) is 4.68 Å². The van der Waals surface area contributed by atoms with Crippen LogP contribution in [0.5, 0.6) is 0 Å². The van der Waals surface area contributed by atoms with E-state index in [4.69, 9.17) is 5.73 Å². The molecule has 1 heterocycles. The summed E-state index contributed by atoms with van der Waals surface area (Å²) < 4.78 is 1.49. The molecule has 1 aromatic carbocycles. The quantitative estimate of drug-likeness (QED) is 0.864. The molecule has 21 heavy (non-hydrogen) atoms. The van der Waals surface area contributed by atoms with Crippen molar-refractivity contribution in [3.63, 3.8) is 0 Å². The molecule has 0 amide bonds. The Kier molecular flexibility index (Phi) is 4.01. The van der Waals surface area contributed by atoms with E-state index in [9.17, 15) is 4.79 Å². The van der Waals surface area contributed by atoms with E-state index >= 15 is 0 Å². The molecule has 0 spiro atoms. The Morgan fingerprint density at radius 3 is 2.90 bits per heavy atom. The summed E-state index contributed by atoms with van der Waals surface area (Å²) in [5.74, 6) is 0. The van der Waals surface area contributed by atoms with Crippen LogP contribution in [0.1, 0.15) is 23.1 Å². The molecule has 0 aliphatic heterocycles. The lowest BCUT2D eigenvalue weighted by Gasteiger charge is -2.08. The van der Waals surface area contributed by atoms with Crippen LogP contribution in [-0.4, -0.2) is 22.9 Å². The van der Waals surface area contributed by atoms with Crippen LogP contribution in [0.3, 0.4) is 0 Å². The Labute approximate surface area is 123 Å². The number of rotatable bonds is 5. The van der Waals surface area contributed by atoms with Crippen molar-refractivity contribution < 1.29 is 0 Å². The predicted octanol–water partition coefficient (Wildman–Crippen LogP) is 1.15. The number of benzene rings is 1. The summed E-state index contributed by atoms with van der Waals surface area (Å²) in [5.41, 5.74) is 10.0. The van der Waals surface area contributed by atoms with Crippen LogP contribution in [-0.2, 0) is 19.4 Å². The third kappa shape index (κ3) is 3.13. The van der Waals surface area contributed by atoms with Gasteiger partial charge in [0.15, 0.2) is 0 Å². The topological polar surface area (TPSA) is 72.9 Å². The van der Waals surface area contributed by atoms with E-state index in [2.05, 4.69) is 28.6 Å². The maximum Gasteiger partial charge on any atom is 0.269 e. The van der Waals surface area contributed by atoms with E-state index in [1.807, 2.05) is 0 Å². The van der Waals surface area contributed by atoms with Crippen molar-refractivity contribution in [2.75, 3.05) is 18.4 Å². The summed E-state index contributed by atoms with van der Waals surface area (Å²) >= 11 is 0. The normalized spacial score (nSPS) is 13.2. The van der Waals surface area contributed by atoms with Crippen molar-refractivity contribution in [1.82, 2.24) is 9.78 Å². The number of nitrogens with two attached hydrogens (primary N) is 1. The highest BCUT2D eigenvalue weighted by Gasteiger charge is 2.11. The van der Waals surface area contributed by atoms with E-state index in [1.54, 1.807) is 12.3 Å². The molecular weight excluding hydrogens is 264 g/mol. The molecule has 0 saturated carbocycles. The summed E-state index contributed by atoms with van der Waals surface area (Å²) in [6.07, 6.45) is 5.23. The van der Waals surface area contributed by atoms with Crippen LogP contribution in [0.15, 0.2) is 35.3 Å². The molecular formula is C16H20N4O. The van der Waals surface area contributed by atoms with Crippen LogP contribution in [0, 0.1) is 0 Å². The lowest BCUT2D eigenvalue weighted by atomic mass is 10.1. The smallest absolute Gasteiger partial charge is 0.269 e. The molecule has 0 bridgehead atoms. The summed E-state index contributed by atoms with van der Waals surface area (Å²) in [7, 11) is 0. The van der Waals surface area contributed by atoms with E-state index in [0.29, 0.717) is 19.6 Å². The Hall–Kier alpha value is -2.14. The van der Waals surface area contributed by atoms with Crippen LogP contribution < -0.4 is 16.6 Å². The molecule has 0 atom stereocenters. The number of aromatic nitrogens is 2. The molecule has 3 rings (SSSR count). The fraction of sp³-hybridized carbons (Fsp3) is 0.375. The molecule has 2 aromatic rings. The minimum Gasteiger partial charge on any atom is -0.382 e. The number of hydrogen-bond donors (Lipinski definition) is 2. The summed E-state index contributed by atoms with van der Waals surface area (Å²) in [6.45, 7) is 1.68. The zero-order chi connectivity index (χ0) is 14.7. The highest BCUT2D eigenvalue weighted by Crippen LogP contribution is 2.22. The first-order chi connectivity index (χ1) is 10.3. The number of fused-ring (bicyclic) bond motifs is 1. The number of nitrogens with one attached hydrogen (secondary N) is 1. The first-order valence-electron chi connectivity index (χ1n) is 7.38. The first kappa shape index (κ1) is 13.8. The van der Waals surface area contributed by atoms with Crippen LogP contribution >= 0.6 is 0 Å². The SMILES string of the molecule is NCCNc1cnn(Cc2ccc3c(c2)CCC3)c(=O)c1. The van der Waals surface area contributed by atoms with Crippen LogP contribution in [0.4, 0.5) is 5.69 Å². The van der Waals surface area contributed by atoms with Gasteiger partial charge in [0.25, 0.3) is 5.56 Å². The minimum absolute atomic E-state index is 0.0995. The van der Waals surface area contributed by atoms with Crippen molar-refractivity contribution in [2.24, 2.45) is 5.73 Å². The Morgan fingerprint density at radius 2 is 2.10 bits per heavy atom. The largest absolute Gasteiger partial charge is 0.382 e. The Bertz CT molecular complexity index is 693. The van der Waals surface area contributed by atoms with Gasteiger partial charge in [-0.1, -0.05) is 18.2 Å². The molecule has 5 nitrogen and oxygen atoms in total. The maximum atomic E-state index is 12.1. The third-order valence-corrected chi connectivity index (χ3v) is 3.84. The number of anilines is 1. The van der Waals surface area contributed by atoms with Crippen molar-refractivity contribution in [2.45, 2.75) is 25.8 Å². The van der Waals surface area contributed by atoms with Crippen molar-refractivity contribution in [3.05, 3.63) is 57.5 Å². The second-order valence-electron chi connectivity index (χ2n) is 5.41. The molecule has 0 unspecified atom stereocenters. The molecule has 0 fully saturated rings.